The Morgan fingerprint density at radius 1 is 1.24 bits per heavy atom. The fraction of sp³-hybridized carbons (Fsp3) is 0.450. The molecule has 0 aliphatic rings. The Bertz CT molecular complexity index is 877. The highest BCUT2D eigenvalue weighted by Gasteiger charge is 2.17. The number of hydrogen-bond donors (Lipinski definition) is 0. The standard InChI is InChI=1S/C20H28N/c1-7-17-13-21(6)20(12-18(17)10-14(2)3)19-9-8-15(4)11-16(19)5/h8-9,11-14H,7,10H2,1-6H3/q+1/i4D3,7D2,10D2. The van der Waals surface area contributed by atoms with Crippen LogP contribution in [0.15, 0.2) is 30.5 Å². The molecule has 0 N–H and O–H groups in total. The van der Waals surface area contributed by atoms with Crippen LogP contribution < -0.4 is 4.57 Å². The van der Waals surface area contributed by atoms with Gasteiger partial charge in [-0.25, -0.2) is 4.57 Å². The Morgan fingerprint density at radius 3 is 2.57 bits per heavy atom. The molecule has 0 saturated heterocycles. The lowest BCUT2D eigenvalue weighted by molar-refractivity contribution is -0.660. The summed E-state index contributed by atoms with van der Waals surface area (Å²) in [5.74, 6) is -0.340. The number of aryl methyl sites for hydroxylation is 4. The molecule has 0 bridgehead atoms. The van der Waals surface area contributed by atoms with Crippen molar-refractivity contribution in [2.24, 2.45) is 13.0 Å². The van der Waals surface area contributed by atoms with Gasteiger partial charge in [-0.1, -0.05) is 38.5 Å². The molecule has 0 radical (unpaired) electrons. The second-order valence-corrected chi connectivity index (χ2v) is 5.68. The highest BCUT2D eigenvalue weighted by Crippen LogP contribution is 2.24. The molecule has 0 amide bonds. The number of nitrogens with zero attached hydrogens (tertiary/aromatic N) is 1. The molecule has 2 rings (SSSR count). The monoisotopic (exact) mass is 289 g/mol. The van der Waals surface area contributed by atoms with E-state index in [1.165, 1.54) is 6.92 Å². The van der Waals surface area contributed by atoms with Crippen LogP contribution in [-0.4, -0.2) is 0 Å². The Labute approximate surface area is 139 Å². The number of rotatable bonds is 4. The van der Waals surface area contributed by atoms with Gasteiger partial charge in [0.1, 0.15) is 7.05 Å². The van der Waals surface area contributed by atoms with Crippen LogP contribution in [0.25, 0.3) is 11.3 Å². The summed E-state index contributed by atoms with van der Waals surface area (Å²) in [4.78, 5) is 0. The minimum Gasteiger partial charge on any atom is -0.201 e. The molecule has 1 heterocycles. The summed E-state index contributed by atoms with van der Waals surface area (Å²) in [6, 6.07) is 6.64. The zero-order valence-corrected chi connectivity index (χ0v) is 13.4. The van der Waals surface area contributed by atoms with Gasteiger partial charge in [0, 0.05) is 26.8 Å². The Hall–Kier alpha value is -1.63. The lowest BCUT2D eigenvalue weighted by atomic mass is 9.94. The molecular formula is C20H28N+. The minimum atomic E-state index is -2.19. The van der Waals surface area contributed by atoms with Crippen molar-refractivity contribution in [2.45, 2.75) is 47.3 Å². The third-order valence-electron chi connectivity index (χ3n) is 3.49. The van der Waals surface area contributed by atoms with Gasteiger partial charge in [0.15, 0.2) is 6.20 Å². The first-order valence-electron chi connectivity index (χ1n) is 10.7. The highest BCUT2D eigenvalue weighted by molar-refractivity contribution is 5.62. The van der Waals surface area contributed by atoms with Gasteiger partial charge in [-0.05, 0) is 49.6 Å². The van der Waals surface area contributed by atoms with Crippen molar-refractivity contribution in [3.05, 3.63) is 52.7 Å². The minimum absolute atomic E-state index is 0.260. The predicted octanol–water partition coefficient (Wildman–Crippen LogP) is 4.56. The molecule has 0 atom stereocenters. The van der Waals surface area contributed by atoms with E-state index in [-0.39, 0.29) is 11.5 Å². The molecule has 0 fully saturated rings. The van der Waals surface area contributed by atoms with E-state index in [4.69, 9.17) is 9.60 Å². The summed E-state index contributed by atoms with van der Waals surface area (Å²) < 4.78 is 58.0. The lowest BCUT2D eigenvalue weighted by Gasteiger charge is -2.12. The number of benzene rings is 1. The van der Waals surface area contributed by atoms with E-state index in [0.717, 1.165) is 11.1 Å². The topological polar surface area (TPSA) is 3.88 Å². The van der Waals surface area contributed by atoms with Gasteiger partial charge in [0.25, 0.3) is 0 Å². The number of pyridine rings is 1. The van der Waals surface area contributed by atoms with E-state index < -0.39 is 19.6 Å². The van der Waals surface area contributed by atoms with Gasteiger partial charge in [-0.2, -0.15) is 0 Å². The summed E-state index contributed by atoms with van der Waals surface area (Å²) in [6.07, 6.45) is -1.77. The maximum atomic E-state index is 8.56. The Balaban J connectivity index is 2.77. The van der Waals surface area contributed by atoms with E-state index >= 15 is 0 Å². The molecule has 1 aromatic heterocycles. The van der Waals surface area contributed by atoms with E-state index in [2.05, 4.69) is 0 Å². The first-order chi connectivity index (χ1) is 12.6. The van der Waals surface area contributed by atoms with Crippen LogP contribution in [0.5, 0.6) is 0 Å². The van der Waals surface area contributed by atoms with Crippen LogP contribution in [0.3, 0.4) is 0 Å². The highest BCUT2D eigenvalue weighted by atomic mass is 14.9. The largest absolute Gasteiger partial charge is 0.212 e. The van der Waals surface area contributed by atoms with Crippen molar-refractivity contribution in [3.8, 4) is 11.3 Å². The van der Waals surface area contributed by atoms with Gasteiger partial charge in [-0.15, -0.1) is 0 Å². The average molecular weight is 289 g/mol. The van der Waals surface area contributed by atoms with Gasteiger partial charge in [0.2, 0.25) is 5.69 Å². The number of aromatic nitrogens is 1. The molecule has 1 nitrogen and oxygen atoms in total. The van der Waals surface area contributed by atoms with Crippen molar-refractivity contribution < 1.29 is 14.2 Å². The van der Waals surface area contributed by atoms with Crippen molar-refractivity contribution >= 4 is 0 Å². The second kappa shape index (κ2) is 6.43. The van der Waals surface area contributed by atoms with Crippen LogP contribution in [0, 0.1) is 19.7 Å². The molecule has 0 aliphatic heterocycles. The molecule has 1 heteroatoms. The van der Waals surface area contributed by atoms with Crippen LogP contribution in [-0.2, 0) is 19.8 Å². The molecule has 21 heavy (non-hydrogen) atoms. The second-order valence-electron chi connectivity index (χ2n) is 5.68. The van der Waals surface area contributed by atoms with Crippen molar-refractivity contribution in [1.82, 2.24) is 0 Å². The summed E-state index contributed by atoms with van der Waals surface area (Å²) >= 11 is 0. The molecular weight excluding hydrogens is 254 g/mol. The summed E-state index contributed by atoms with van der Waals surface area (Å²) in [6.45, 7) is 4.62. The number of hydrogen-bond acceptors (Lipinski definition) is 0. The van der Waals surface area contributed by atoms with E-state index in [0.29, 0.717) is 16.8 Å². The normalized spacial score (nSPS) is 18.1. The SMILES string of the molecule is [2H]C([2H])([2H])c1ccc(-c2cc(C([2H])([2H])C(C)C)c(C([2H])([2H])C)c[n+]2C)c(C)c1. The van der Waals surface area contributed by atoms with Gasteiger partial charge >= 0.3 is 0 Å². The van der Waals surface area contributed by atoms with E-state index in [1.54, 1.807) is 55.9 Å². The smallest absolute Gasteiger partial charge is 0.201 e. The molecule has 0 unspecified atom stereocenters. The fourth-order valence-electron chi connectivity index (χ4n) is 2.50. The molecule has 2 aromatic rings. The van der Waals surface area contributed by atoms with Gasteiger partial charge in [0.05, 0.1) is 0 Å². The summed E-state index contributed by atoms with van der Waals surface area (Å²) in [7, 11) is 1.79. The quantitative estimate of drug-likeness (QED) is 0.727. The maximum Gasteiger partial charge on any atom is 0.212 e. The van der Waals surface area contributed by atoms with Crippen molar-refractivity contribution in [2.75, 3.05) is 0 Å². The molecule has 0 saturated carbocycles. The average Bonchev–Trinajstić information content (AvgIpc) is 2.52. The zero-order chi connectivity index (χ0) is 21.7. The first kappa shape index (κ1) is 8.73. The fourth-order valence-corrected chi connectivity index (χ4v) is 2.50. The van der Waals surface area contributed by atoms with Gasteiger partial charge < -0.3 is 0 Å². The molecule has 0 aliphatic carbocycles. The van der Waals surface area contributed by atoms with Crippen LogP contribution >= 0.6 is 0 Å². The maximum absolute atomic E-state index is 8.56. The van der Waals surface area contributed by atoms with E-state index in [1.807, 2.05) is 6.92 Å². The lowest BCUT2D eigenvalue weighted by Crippen LogP contribution is -2.32. The zero-order valence-electron chi connectivity index (χ0n) is 20.4. The molecule has 1 aromatic carbocycles. The summed E-state index contributed by atoms with van der Waals surface area (Å²) in [5, 5.41) is 0. The third-order valence-corrected chi connectivity index (χ3v) is 3.49. The van der Waals surface area contributed by atoms with Crippen LogP contribution in [0.2, 0.25) is 0 Å². The Kier molecular flexibility index (Phi) is 2.67. The molecule has 0 spiro atoms. The predicted molar refractivity (Wildman–Crippen MR) is 90.4 cm³/mol. The van der Waals surface area contributed by atoms with Crippen molar-refractivity contribution in [3.63, 3.8) is 0 Å². The van der Waals surface area contributed by atoms with Gasteiger partial charge in [-0.3, -0.25) is 0 Å². The third kappa shape index (κ3) is 3.53. The Morgan fingerprint density at radius 2 is 2.00 bits per heavy atom. The van der Waals surface area contributed by atoms with E-state index in [9.17, 15) is 0 Å². The van der Waals surface area contributed by atoms with Crippen molar-refractivity contribution in [1.29, 1.82) is 0 Å². The first-order valence-corrected chi connectivity index (χ1v) is 7.23. The molecule has 112 valence electrons. The summed E-state index contributed by atoms with van der Waals surface area (Å²) in [5.41, 5.74) is 3.17. The van der Waals surface area contributed by atoms with Crippen LogP contribution in [0.1, 0.15) is 52.6 Å². The van der Waals surface area contributed by atoms with Crippen LogP contribution in [0.4, 0.5) is 0 Å².